The first-order valence-corrected chi connectivity index (χ1v) is 14.1. The first-order valence-electron chi connectivity index (χ1n) is 14.1. The van der Waals surface area contributed by atoms with Crippen LogP contribution in [0, 0.1) is 46.8 Å². The van der Waals surface area contributed by atoms with E-state index in [0.717, 1.165) is 43.5 Å². The molecule has 0 saturated heterocycles. The minimum atomic E-state index is -1.15. The zero-order valence-corrected chi connectivity index (χ0v) is 25.4. The van der Waals surface area contributed by atoms with Crippen LogP contribution in [0.1, 0.15) is 84.0 Å². The SMILES string of the molecule is CC#N.CC/C=C\N(CC1CC(CN(C(=O)O)c2cnc(C(C)(C)O)cn2)CCC1(C)C)c1cc(C#N)ccc1C. The van der Waals surface area contributed by atoms with Crippen molar-refractivity contribution in [2.75, 3.05) is 22.9 Å². The van der Waals surface area contributed by atoms with Gasteiger partial charge in [0.25, 0.3) is 0 Å². The Kier molecular flexibility index (Phi) is 11.9. The first kappa shape index (κ1) is 33.3. The largest absolute Gasteiger partial charge is 0.465 e. The van der Waals surface area contributed by atoms with Crippen molar-refractivity contribution in [2.45, 2.75) is 79.8 Å². The Morgan fingerprint density at radius 1 is 1.22 bits per heavy atom. The molecule has 1 aromatic carbocycles. The topological polar surface area (TPSA) is 137 Å². The highest BCUT2D eigenvalue weighted by Gasteiger charge is 2.38. The van der Waals surface area contributed by atoms with Gasteiger partial charge < -0.3 is 15.1 Å². The van der Waals surface area contributed by atoms with E-state index in [4.69, 9.17) is 5.26 Å². The van der Waals surface area contributed by atoms with E-state index in [-0.39, 0.29) is 17.2 Å². The third kappa shape index (κ3) is 9.30. The molecule has 1 aliphatic carbocycles. The molecule has 2 unspecified atom stereocenters. The van der Waals surface area contributed by atoms with E-state index >= 15 is 0 Å². The number of allylic oxidation sites excluding steroid dienone is 1. The molecule has 0 spiro atoms. The maximum atomic E-state index is 12.2. The number of nitrogens with zero attached hydrogens (tertiary/aromatic N) is 6. The molecular weight excluding hydrogens is 516 g/mol. The molecule has 1 aromatic heterocycles. The minimum Gasteiger partial charge on any atom is -0.465 e. The molecule has 1 aliphatic rings. The summed E-state index contributed by atoms with van der Waals surface area (Å²) in [6.45, 7) is 14.5. The van der Waals surface area contributed by atoms with Crippen molar-refractivity contribution in [1.82, 2.24) is 9.97 Å². The van der Waals surface area contributed by atoms with Crippen LogP contribution in [0.25, 0.3) is 0 Å². The highest BCUT2D eigenvalue weighted by molar-refractivity contribution is 5.84. The van der Waals surface area contributed by atoms with Crippen molar-refractivity contribution in [1.29, 1.82) is 10.5 Å². The third-order valence-corrected chi connectivity index (χ3v) is 7.72. The number of amides is 1. The zero-order valence-electron chi connectivity index (χ0n) is 25.4. The Morgan fingerprint density at radius 2 is 1.90 bits per heavy atom. The van der Waals surface area contributed by atoms with Crippen LogP contribution in [0.15, 0.2) is 42.9 Å². The number of carbonyl (C=O) groups is 1. The summed E-state index contributed by atoms with van der Waals surface area (Å²) >= 11 is 0. The summed E-state index contributed by atoms with van der Waals surface area (Å²) in [6.07, 6.45) is 9.75. The molecule has 9 heteroatoms. The normalized spacial score (nSPS) is 18.0. The molecular formula is C32H44N6O3. The molecule has 0 aliphatic heterocycles. The summed E-state index contributed by atoms with van der Waals surface area (Å²) in [5, 5.41) is 36.9. The number of aromatic nitrogens is 2. The number of aryl methyl sites for hydroxylation is 1. The quantitative estimate of drug-likeness (QED) is 0.343. The second-order valence-corrected chi connectivity index (χ2v) is 11.8. The number of carboxylic acid groups (broad SMARTS) is 1. The van der Waals surface area contributed by atoms with Crippen LogP contribution < -0.4 is 9.80 Å². The number of nitriles is 2. The molecule has 9 nitrogen and oxygen atoms in total. The maximum Gasteiger partial charge on any atom is 0.413 e. The van der Waals surface area contributed by atoms with Gasteiger partial charge in [-0.2, -0.15) is 10.5 Å². The summed E-state index contributed by atoms with van der Waals surface area (Å²) in [7, 11) is 0. The van der Waals surface area contributed by atoms with E-state index in [9.17, 15) is 20.3 Å². The van der Waals surface area contributed by atoms with Crippen molar-refractivity contribution >= 4 is 17.6 Å². The lowest BCUT2D eigenvalue weighted by molar-refractivity contribution is 0.0734. The van der Waals surface area contributed by atoms with Gasteiger partial charge in [0.15, 0.2) is 5.82 Å². The van der Waals surface area contributed by atoms with Crippen molar-refractivity contribution in [2.24, 2.45) is 17.3 Å². The van der Waals surface area contributed by atoms with Gasteiger partial charge in [-0.05, 0) is 81.4 Å². The summed E-state index contributed by atoms with van der Waals surface area (Å²) in [6, 6.07) is 9.79. The van der Waals surface area contributed by atoms with Crippen molar-refractivity contribution in [3.63, 3.8) is 0 Å². The maximum absolute atomic E-state index is 12.2. The number of hydrogen-bond acceptors (Lipinski definition) is 7. The van der Waals surface area contributed by atoms with Crippen LogP contribution in [0.4, 0.5) is 16.3 Å². The monoisotopic (exact) mass is 560 g/mol. The Morgan fingerprint density at radius 3 is 2.44 bits per heavy atom. The Bertz CT molecular complexity index is 1270. The van der Waals surface area contributed by atoms with E-state index in [1.807, 2.05) is 18.2 Å². The fourth-order valence-electron chi connectivity index (χ4n) is 5.11. The average molecular weight is 561 g/mol. The number of benzene rings is 1. The summed E-state index contributed by atoms with van der Waals surface area (Å²) in [5.41, 5.74) is 2.10. The van der Waals surface area contributed by atoms with Crippen molar-refractivity contribution in [3.8, 4) is 12.1 Å². The molecule has 41 heavy (non-hydrogen) atoms. The Hall–Kier alpha value is -3.95. The molecule has 0 bridgehead atoms. The highest BCUT2D eigenvalue weighted by atomic mass is 16.4. The molecule has 1 fully saturated rings. The lowest BCUT2D eigenvalue weighted by atomic mass is 9.65. The molecule has 1 amide bonds. The molecule has 0 radical (unpaired) electrons. The van der Waals surface area contributed by atoms with E-state index in [0.29, 0.717) is 23.7 Å². The summed E-state index contributed by atoms with van der Waals surface area (Å²) in [5.74, 6) is 0.749. The smallest absolute Gasteiger partial charge is 0.413 e. The van der Waals surface area contributed by atoms with Gasteiger partial charge in [0, 0.05) is 31.9 Å². The van der Waals surface area contributed by atoms with Gasteiger partial charge in [0.1, 0.15) is 5.60 Å². The van der Waals surface area contributed by atoms with E-state index < -0.39 is 11.7 Å². The second-order valence-electron chi connectivity index (χ2n) is 11.8. The third-order valence-electron chi connectivity index (χ3n) is 7.72. The predicted octanol–water partition coefficient (Wildman–Crippen LogP) is 6.77. The van der Waals surface area contributed by atoms with Crippen molar-refractivity contribution in [3.05, 3.63) is 59.7 Å². The van der Waals surface area contributed by atoms with Gasteiger partial charge in [0.2, 0.25) is 0 Å². The van der Waals surface area contributed by atoms with Crippen LogP contribution in [0.2, 0.25) is 0 Å². The van der Waals surface area contributed by atoms with Crippen LogP contribution in [-0.4, -0.2) is 39.4 Å². The standard InChI is InChI=1S/C30H41N5O3.C2H3N/c1-7-8-13-34(25-15-22(16-31)10-9-21(25)2)20-24-14-23(11-12-29(24,3)4)19-35(28(36)37)27-18-32-26(17-33-27)30(5,6)38;1-2-3/h8-10,13,15,17-18,23-24,38H,7,11-12,14,19-20H2,1-6H3,(H,36,37);1H3/b13-8-;. The van der Waals surface area contributed by atoms with Gasteiger partial charge in [-0.25, -0.2) is 9.78 Å². The van der Waals surface area contributed by atoms with Crippen molar-refractivity contribution < 1.29 is 15.0 Å². The van der Waals surface area contributed by atoms with Crippen LogP contribution in [-0.2, 0) is 5.60 Å². The van der Waals surface area contributed by atoms with Gasteiger partial charge >= 0.3 is 6.09 Å². The predicted molar refractivity (Wildman–Crippen MR) is 161 cm³/mol. The van der Waals surface area contributed by atoms with Crippen LogP contribution >= 0.6 is 0 Å². The lowest BCUT2D eigenvalue weighted by Crippen LogP contribution is -2.43. The van der Waals surface area contributed by atoms with E-state index in [1.54, 1.807) is 19.9 Å². The lowest BCUT2D eigenvalue weighted by Gasteiger charge is -2.45. The molecule has 3 rings (SSSR count). The molecule has 2 atom stereocenters. The first-order chi connectivity index (χ1) is 19.3. The van der Waals surface area contributed by atoms with Crippen LogP contribution in [0.3, 0.4) is 0 Å². The van der Waals surface area contributed by atoms with Gasteiger partial charge in [-0.1, -0.05) is 32.9 Å². The van der Waals surface area contributed by atoms with E-state index in [1.165, 1.54) is 24.2 Å². The Labute approximate surface area is 244 Å². The summed E-state index contributed by atoms with van der Waals surface area (Å²) < 4.78 is 0. The van der Waals surface area contributed by atoms with Gasteiger partial charge in [-0.15, -0.1) is 0 Å². The highest BCUT2D eigenvalue weighted by Crippen LogP contribution is 2.44. The molecule has 220 valence electrons. The van der Waals surface area contributed by atoms with Gasteiger partial charge in [0.05, 0.1) is 35.8 Å². The molecule has 2 aromatic rings. The molecule has 1 heterocycles. The van der Waals surface area contributed by atoms with Gasteiger partial charge in [-0.3, -0.25) is 9.88 Å². The minimum absolute atomic E-state index is 0.0811. The molecule has 2 N–H and O–H groups in total. The fourth-order valence-corrected chi connectivity index (χ4v) is 5.11. The Balaban J connectivity index is 0.00000187. The number of rotatable bonds is 9. The fraction of sp³-hybridized carbons (Fsp3) is 0.531. The number of anilines is 2. The van der Waals surface area contributed by atoms with E-state index in [2.05, 4.69) is 60.9 Å². The van der Waals surface area contributed by atoms with Crippen LogP contribution in [0.5, 0.6) is 0 Å². The second kappa shape index (κ2) is 14.6. The number of hydrogen-bond donors (Lipinski definition) is 2. The summed E-state index contributed by atoms with van der Waals surface area (Å²) in [4.78, 5) is 24.3. The zero-order chi connectivity index (χ0) is 30.8. The number of aliphatic hydroxyl groups is 1. The molecule has 1 saturated carbocycles. The average Bonchev–Trinajstić information content (AvgIpc) is 2.91.